The van der Waals surface area contributed by atoms with Crippen LogP contribution < -0.4 is 4.90 Å². The van der Waals surface area contributed by atoms with E-state index in [2.05, 4.69) is 16.2 Å². The number of aromatic nitrogens is 4. The Morgan fingerprint density at radius 2 is 2.21 bits per heavy atom. The number of piperidine rings is 1. The van der Waals surface area contributed by atoms with Gasteiger partial charge in [-0.3, -0.25) is 4.79 Å². The standard InChI is InChI=1S/C20H18N8O/c1-26(15-3-2-7-27(13-15)19(29)11-22)18-4-6-23-20(25-18)16-12-24-28-8-5-14(10-21)9-17(16)28/h4-6,8-9,12,15H,2-3,7,13H2,1H3/t15-/m1/s1. The molecular weight excluding hydrogens is 368 g/mol. The van der Waals surface area contributed by atoms with Gasteiger partial charge < -0.3 is 9.80 Å². The molecule has 0 aliphatic carbocycles. The van der Waals surface area contributed by atoms with Gasteiger partial charge in [-0.2, -0.15) is 15.6 Å². The highest BCUT2D eigenvalue weighted by molar-refractivity contribution is 5.91. The van der Waals surface area contributed by atoms with Gasteiger partial charge in [0.05, 0.1) is 28.9 Å². The van der Waals surface area contributed by atoms with Crippen molar-refractivity contribution in [2.24, 2.45) is 0 Å². The number of rotatable bonds is 3. The first-order chi connectivity index (χ1) is 14.1. The number of nitrogens with zero attached hydrogens (tertiary/aromatic N) is 8. The van der Waals surface area contributed by atoms with Crippen LogP contribution in [0.25, 0.3) is 16.9 Å². The molecule has 3 aromatic heterocycles. The second kappa shape index (κ2) is 7.56. The van der Waals surface area contributed by atoms with Crippen LogP contribution in [-0.4, -0.2) is 56.6 Å². The van der Waals surface area contributed by atoms with E-state index in [9.17, 15) is 4.79 Å². The fraction of sp³-hybridized carbons (Fsp3) is 0.300. The van der Waals surface area contributed by atoms with Gasteiger partial charge in [0.2, 0.25) is 0 Å². The number of carbonyl (C=O) groups excluding carboxylic acids is 1. The summed E-state index contributed by atoms with van der Waals surface area (Å²) in [5.74, 6) is 0.744. The monoisotopic (exact) mass is 386 g/mol. The van der Waals surface area contributed by atoms with Crippen LogP contribution in [0.15, 0.2) is 36.8 Å². The Bertz CT molecular complexity index is 1160. The van der Waals surface area contributed by atoms with Crippen molar-refractivity contribution in [3.63, 3.8) is 0 Å². The van der Waals surface area contributed by atoms with Gasteiger partial charge in [-0.15, -0.1) is 0 Å². The van der Waals surface area contributed by atoms with Gasteiger partial charge in [0.25, 0.3) is 0 Å². The Balaban J connectivity index is 1.63. The Labute approximate surface area is 167 Å². The number of hydrogen-bond acceptors (Lipinski definition) is 7. The third-order valence-corrected chi connectivity index (χ3v) is 5.22. The van der Waals surface area contributed by atoms with Crippen LogP contribution in [0.4, 0.5) is 5.82 Å². The fourth-order valence-electron chi connectivity index (χ4n) is 3.61. The lowest BCUT2D eigenvalue weighted by atomic mass is 10.0. The van der Waals surface area contributed by atoms with Crippen LogP contribution in [0.2, 0.25) is 0 Å². The zero-order valence-electron chi connectivity index (χ0n) is 15.9. The molecule has 0 N–H and O–H groups in total. The maximum atomic E-state index is 11.7. The topological polar surface area (TPSA) is 114 Å². The number of carbonyl (C=O) groups is 1. The summed E-state index contributed by atoms with van der Waals surface area (Å²) in [6.07, 6.45) is 6.85. The summed E-state index contributed by atoms with van der Waals surface area (Å²) in [6, 6.07) is 9.18. The van der Waals surface area contributed by atoms with Crippen molar-refractivity contribution in [3.05, 3.63) is 42.4 Å². The Hall–Kier alpha value is -3.98. The molecule has 144 valence electrons. The van der Waals surface area contributed by atoms with Crippen molar-refractivity contribution < 1.29 is 4.79 Å². The van der Waals surface area contributed by atoms with Crippen LogP contribution in [0.5, 0.6) is 0 Å². The molecule has 0 spiro atoms. The van der Waals surface area contributed by atoms with E-state index in [0.29, 0.717) is 24.5 Å². The Morgan fingerprint density at radius 3 is 3.00 bits per heavy atom. The summed E-state index contributed by atoms with van der Waals surface area (Å²) in [5, 5.41) is 22.4. The second-order valence-electron chi connectivity index (χ2n) is 6.92. The molecule has 9 nitrogen and oxygen atoms in total. The molecule has 0 saturated carbocycles. The van der Waals surface area contributed by atoms with Crippen molar-refractivity contribution in [3.8, 4) is 23.5 Å². The predicted molar refractivity (Wildman–Crippen MR) is 105 cm³/mol. The van der Waals surface area contributed by atoms with Crippen molar-refractivity contribution in [2.45, 2.75) is 18.9 Å². The number of fused-ring (bicyclic) bond motifs is 1. The van der Waals surface area contributed by atoms with Crippen LogP contribution in [0, 0.1) is 22.7 Å². The van der Waals surface area contributed by atoms with E-state index >= 15 is 0 Å². The molecule has 1 aliphatic heterocycles. The lowest BCUT2D eigenvalue weighted by Crippen LogP contribution is -2.48. The van der Waals surface area contributed by atoms with Gasteiger partial charge in [0.1, 0.15) is 5.82 Å². The predicted octanol–water partition coefficient (Wildman–Crippen LogP) is 1.61. The van der Waals surface area contributed by atoms with Gasteiger partial charge in [-0.25, -0.2) is 14.5 Å². The van der Waals surface area contributed by atoms with E-state index in [0.717, 1.165) is 29.7 Å². The molecule has 29 heavy (non-hydrogen) atoms. The number of hydrogen-bond donors (Lipinski definition) is 0. The summed E-state index contributed by atoms with van der Waals surface area (Å²) in [7, 11) is 1.93. The molecule has 4 rings (SSSR count). The number of pyridine rings is 1. The second-order valence-corrected chi connectivity index (χ2v) is 6.92. The zero-order valence-corrected chi connectivity index (χ0v) is 15.9. The summed E-state index contributed by atoms with van der Waals surface area (Å²) >= 11 is 0. The van der Waals surface area contributed by atoms with Gasteiger partial charge in [0.15, 0.2) is 11.9 Å². The average molecular weight is 386 g/mol. The quantitative estimate of drug-likeness (QED) is 0.628. The SMILES string of the molecule is CN(c1ccnc(-c2cnn3ccc(C#N)cc23)n1)[C@@H]1CCCN(C(=O)C#N)C1. The van der Waals surface area contributed by atoms with Crippen LogP contribution in [0.3, 0.4) is 0 Å². The van der Waals surface area contributed by atoms with E-state index in [1.54, 1.807) is 46.2 Å². The summed E-state index contributed by atoms with van der Waals surface area (Å²) in [4.78, 5) is 24.4. The minimum absolute atomic E-state index is 0.0675. The molecule has 9 heteroatoms. The molecule has 1 fully saturated rings. The van der Waals surface area contributed by atoms with Gasteiger partial charge in [-0.1, -0.05) is 0 Å². The molecule has 1 saturated heterocycles. The molecule has 1 aliphatic rings. The molecule has 3 aromatic rings. The van der Waals surface area contributed by atoms with E-state index in [1.807, 2.05) is 18.0 Å². The lowest BCUT2D eigenvalue weighted by Gasteiger charge is -2.37. The molecule has 0 radical (unpaired) electrons. The first-order valence-electron chi connectivity index (χ1n) is 9.23. The van der Waals surface area contributed by atoms with E-state index in [4.69, 9.17) is 15.5 Å². The van der Waals surface area contributed by atoms with Crippen molar-refractivity contribution in [1.82, 2.24) is 24.5 Å². The molecule has 4 heterocycles. The number of likely N-dealkylation sites (N-methyl/N-ethyl adjacent to an activating group) is 1. The lowest BCUT2D eigenvalue weighted by molar-refractivity contribution is -0.126. The number of anilines is 1. The molecule has 0 aromatic carbocycles. The third-order valence-electron chi connectivity index (χ3n) is 5.22. The van der Waals surface area contributed by atoms with Gasteiger partial charge in [0, 0.05) is 38.6 Å². The first kappa shape index (κ1) is 18.4. The molecule has 1 atom stereocenters. The Morgan fingerprint density at radius 1 is 1.34 bits per heavy atom. The minimum Gasteiger partial charge on any atom is -0.355 e. The minimum atomic E-state index is -0.494. The number of amides is 1. The number of nitriles is 2. The highest BCUT2D eigenvalue weighted by Gasteiger charge is 2.27. The summed E-state index contributed by atoms with van der Waals surface area (Å²) < 4.78 is 1.68. The molecule has 0 unspecified atom stereocenters. The maximum Gasteiger partial charge on any atom is 0.325 e. The van der Waals surface area contributed by atoms with Crippen molar-refractivity contribution in [1.29, 1.82) is 10.5 Å². The van der Waals surface area contributed by atoms with Crippen molar-refractivity contribution >= 4 is 17.2 Å². The zero-order chi connectivity index (χ0) is 20.4. The third kappa shape index (κ3) is 3.46. The van der Waals surface area contributed by atoms with Crippen LogP contribution >= 0.6 is 0 Å². The Kier molecular flexibility index (Phi) is 4.80. The van der Waals surface area contributed by atoms with E-state index < -0.39 is 5.91 Å². The van der Waals surface area contributed by atoms with Crippen molar-refractivity contribution in [2.75, 3.05) is 25.0 Å². The smallest absolute Gasteiger partial charge is 0.325 e. The molecule has 1 amide bonds. The highest BCUT2D eigenvalue weighted by Crippen LogP contribution is 2.25. The fourth-order valence-corrected chi connectivity index (χ4v) is 3.61. The van der Waals surface area contributed by atoms with Crippen LogP contribution in [0.1, 0.15) is 18.4 Å². The molecule has 0 bridgehead atoms. The summed E-state index contributed by atoms with van der Waals surface area (Å²) in [6.45, 7) is 1.10. The maximum absolute atomic E-state index is 11.7. The van der Waals surface area contributed by atoms with Gasteiger partial charge >= 0.3 is 5.91 Å². The number of likely N-dealkylation sites (tertiary alicyclic amines) is 1. The van der Waals surface area contributed by atoms with Gasteiger partial charge in [-0.05, 0) is 31.0 Å². The molecular formula is C20H18N8O. The highest BCUT2D eigenvalue weighted by atomic mass is 16.2. The van der Waals surface area contributed by atoms with E-state index in [-0.39, 0.29) is 6.04 Å². The largest absolute Gasteiger partial charge is 0.355 e. The van der Waals surface area contributed by atoms with E-state index in [1.165, 1.54) is 0 Å². The first-order valence-corrected chi connectivity index (χ1v) is 9.23. The summed E-state index contributed by atoms with van der Waals surface area (Å²) in [5.41, 5.74) is 2.03. The average Bonchev–Trinajstić information content (AvgIpc) is 3.21. The normalized spacial score (nSPS) is 16.2. The van der Waals surface area contributed by atoms with Crippen LogP contribution in [-0.2, 0) is 4.79 Å².